The Morgan fingerprint density at radius 3 is 2.62 bits per heavy atom. The molecule has 0 aliphatic heterocycles. The van der Waals surface area contributed by atoms with Crippen LogP contribution in [0.1, 0.15) is 50.3 Å². The monoisotopic (exact) mass is 303 g/mol. The van der Waals surface area contributed by atoms with E-state index in [1.807, 2.05) is 0 Å². The van der Waals surface area contributed by atoms with Crippen molar-refractivity contribution in [1.82, 2.24) is 0 Å². The zero-order valence-electron chi connectivity index (χ0n) is 10.0. The second-order valence-electron chi connectivity index (χ2n) is 4.37. The summed E-state index contributed by atoms with van der Waals surface area (Å²) in [5.74, 6) is 0. The van der Waals surface area contributed by atoms with Gasteiger partial charge in [0.25, 0.3) is 0 Å². The molecule has 0 fully saturated rings. The van der Waals surface area contributed by atoms with Gasteiger partial charge in [0.15, 0.2) is 0 Å². The number of rotatable bonds is 8. The van der Waals surface area contributed by atoms with Gasteiger partial charge in [-0.3, -0.25) is 0 Å². The van der Waals surface area contributed by atoms with Gasteiger partial charge in [0.1, 0.15) is 0 Å². The van der Waals surface area contributed by atoms with Crippen molar-refractivity contribution in [3.05, 3.63) is 20.8 Å². The van der Waals surface area contributed by atoms with Crippen molar-refractivity contribution in [3.63, 3.8) is 0 Å². The molecule has 1 aromatic heterocycles. The van der Waals surface area contributed by atoms with Crippen LogP contribution in [0, 0.1) is 0 Å². The van der Waals surface area contributed by atoms with Gasteiger partial charge in [-0.15, -0.1) is 11.3 Å². The third-order valence-corrected chi connectivity index (χ3v) is 4.42. The van der Waals surface area contributed by atoms with E-state index in [0.717, 1.165) is 6.42 Å². The minimum atomic E-state index is 0.340. The molecule has 0 saturated carbocycles. The Kier molecular flexibility index (Phi) is 7.33. The molecule has 0 bridgehead atoms. The maximum atomic E-state index is 6.12. The first-order valence-corrected chi connectivity index (χ1v) is 7.83. The number of unbranched alkanes of at least 4 members (excludes halogenated alkanes) is 4. The van der Waals surface area contributed by atoms with Crippen LogP contribution in [0.25, 0.3) is 0 Å². The molecular weight excluding hydrogens is 282 g/mol. The lowest BCUT2D eigenvalue weighted by Gasteiger charge is -2.09. The quantitative estimate of drug-likeness (QED) is 0.690. The minimum absolute atomic E-state index is 0.340. The fraction of sp³-hybridized carbons (Fsp3) is 0.692. The van der Waals surface area contributed by atoms with Crippen molar-refractivity contribution in [3.8, 4) is 0 Å². The molecule has 0 aliphatic carbocycles. The lowest BCUT2D eigenvalue weighted by Crippen LogP contribution is -2.22. The molecule has 1 unspecified atom stereocenters. The third kappa shape index (κ3) is 6.02. The Morgan fingerprint density at radius 2 is 2.00 bits per heavy atom. The van der Waals surface area contributed by atoms with Gasteiger partial charge in [0, 0.05) is 10.9 Å². The van der Waals surface area contributed by atoms with E-state index in [2.05, 4.69) is 35.0 Å². The Balaban J connectivity index is 2.09. The first-order chi connectivity index (χ1) is 7.72. The van der Waals surface area contributed by atoms with E-state index >= 15 is 0 Å². The summed E-state index contributed by atoms with van der Waals surface area (Å²) in [6, 6.07) is 4.62. The van der Waals surface area contributed by atoms with E-state index in [9.17, 15) is 0 Å². The zero-order chi connectivity index (χ0) is 11.8. The average molecular weight is 304 g/mol. The van der Waals surface area contributed by atoms with E-state index in [1.165, 1.54) is 47.2 Å². The first kappa shape index (κ1) is 14.2. The highest BCUT2D eigenvalue weighted by molar-refractivity contribution is 9.11. The summed E-state index contributed by atoms with van der Waals surface area (Å²) in [6.07, 6.45) is 8.88. The fourth-order valence-electron chi connectivity index (χ4n) is 1.83. The third-order valence-electron chi connectivity index (χ3n) is 2.77. The van der Waals surface area contributed by atoms with Gasteiger partial charge < -0.3 is 5.73 Å². The van der Waals surface area contributed by atoms with Crippen LogP contribution < -0.4 is 5.73 Å². The molecule has 0 aromatic carbocycles. The predicted octanol–water partition coefficient (Wildman–Crippen LogP) is 4.74. The highest BCUT2D eigenvalue weighted by atomic mass is 79.9. The molecule has 0 spiro atoms. The fourth-order valence-corrected chi connectivity index (χ4v) is 3.41. The summed E-state index contributed by atoms with van der Waals surface area (Å²) in [7, 11) is 0. The molecule has 16 heavy (non-hydrogen) atoms. The molecule has 0 aliphatic rings. The van der Waals surface area contributed by atoms with E-state index in [4.69, 9.17) is 5.73 Å². The molecule has 1 atom stereocenters. The number of halogens is 1. The van der Waals surface area contributed by atoms with Crippen molar-refractivity contribution >= 4 is 27.3 Å². The molecule has 2 N–H and O–H groups in total. The number of thiophene rings is 1. The molecule has 1 heterocycles. The van der Waals surface area contributed by atoms with Gasteiger partial charge in [-0.25, -0.2) is 0 Å². The molecular formula is C13H22BrNS. The average Bonchev–Trinajstić information content (AvgIpc) is 2.63. The van der Waals surface area contributed by atoms with Crippen LogP contribution in [0.5, 0.6) is 0 Å². The Hall–Kier alpha value is 0.140. The van der Waals surface area contributed by atoms with Crippen molar-refractivity contribution in [2.24, 2.45) is 5.73 Å². The molecule has 0 radical (unpaired) electrons. The summed E-state index contributed by atoms with van der Waals surface area (Å²) in [5.41, 5.74) is 6.12. The second kappa shape index (κ2) is 8.26. The number of nitrogens with two attached hydrogens (primary N) is 1. The molecule has 0 saturated heterocycles. The Morgan fingerprint density at radius 1 is 1.25 bits per heavy atom. The lowest BCUT2D eigenvalue weighted by atomic mass is 10.0. The number of hydrogen-bond donors (Lipinski definition) is 1. The molecule has 1 aromatic rings. The molecule has 1 nitrogen and oxygen atoms in total. The molecule has 3 heteroatoms. The van der Waals surface area contributed by atoms with Crippen molar-refractivity contribution in [2.75, 3.05) is 0 Å². The smallest absolute Gasteiger partial charge is 0.0701 e. The summed E-state index contributed by atoms with van der Waals surface area (Å²) in [5, 5.41) is 0. The van der Waals surface area contributed by atoms with E-state index in [0.29, 0.717) is 6.04 Å². The maximum absolute atomic E-state index is 6.12. The van der Waals surface area contributed by atoms with Crippen LogP contribution in [0.2, 0.25) is 0 Å². The Bertz CT molecular complexity index is 285. The number of hydrogen-bond acceptors (Lipinski definition) is 2. The predicted molar refractivity (Wildman–Crippen MR) is 77.1 cm³/mol. The van der Waals surface area contributed by atoms with Gasteiger partial charge in [-0.2, -0.15) is 0 Å². The van der Waals surface area contributed by atoms with Crippen molar-refractivity contribution < 1.29 is 0 Å². The van der Waals surface area contributed by atoms with E-state index in [-0.39, 0.29) is 0 Å². The van der Waals surface area contributed by atoms with Gasteiger partial charge in [-0.05, 0) is 40.9 Å². The van der Waals surface area contributed by atoms with Crippen LogP contribution in [-0.4, -0.2) is 6.04 Å². The minimum Gasteiger partial charge on any atom is -0.327 e. The normalized spacial score (nSPS) is 12.9. The molecule has 1 rings (SSSR count). The van der Waals surface area contributed by atoms with Gasteiger partial charge in [-0.1, -0.05) is 39.0 Å². The van der Waals surface area contributed by atoms with Crippen LogP contribution >= 0.6 is 27.3 Å². The molecule has 0 amide bonds. The Labute approximate surface area is 112 Å². The largest absolute Gasteiger partial charge is 0.327 e. The highest BCUT2D eigenvalue weighted by Crippen LogP contribution is 2.23. The standard InChI is InChI=1S/C13H22BrNS/c1-2-3-4-5-6-7-11(15)10-12-8-9-13(14)16-12/h8-9,11H,2-7,10,15H2,1H3. The van der Waals surface area contributed by atoms with Crippen LogP contribution in [0.4, 0.5) is 0 Å². The second-order valence-corrected chi connectivity index (χ2v) is 6.92. The maximum Gasteiger partial charge on any atom is 0.0701 e. The zero-order valence-corrected chi connectivity index (χ0v) is 12.4. The van der Waals surface area contributed by atoms with Crippen molar-refractivity contribution in [2.45, 2.75) is 57.9 Å². The van der Waals surface area contributed by atoms with Crippen LogP contribution in [0.3, 0.4) is 0 Å². The van der Waals surface area contributed by atoms with Crippen LogP contribution in [0.15, 0.2) is 15.9 Å². The van der Waals surface area contributed by atoms with E-state index < -0.39 is 0 Å². The first-order valence-electron chi connectivity index (χ1n) is 6.22. The summed E-state index contributed by atoms with van der Waals surface area (Å²) in [6.45, 7) is 2.25. The van der Waals surface area contributed by atoms with E-state index in [1.54, 1.807) is 11.3 Å². The van der Waals surface area contributed by atoms with Crippen molar-refractivity contribution in [1.29, 1.82) is 0 Å². The molecule has 92 valence electrons. The lowest BCUT2D eigenvalue weighted by molar-refractivity contribution is 0.540. The summed E-state index contributed by atoms with van der Waals surface area (Å²) >= 11 is 5.28. The topological polar surface area (TPSA) is 26.0 Å². The van der Waals surface area contributed by atoms with Gasteiger partial charge in [0.2, 0.25) is 0 Å². The van der Waals surface area contributed by atoms with Gasteiger partial charge >= 0.3 is 0 Å². The summed E-state index contributed by atoms with van der Waals surface area (Å²) < 4.78 is 1.21. The SMILES string of the molecule is CCCCCCCC(N)Cc1ccc(Br)s1. The summed E-state index contributed by atoms with van der Waals surface area (Å²) in [4.78, 5) is 1.40. The van der Waals surface area contributed by atoms with Gasteiger partial charge in [0.05, 0.1) is 3.79 Å². The highest BCUT2D eigenvalue weighted by Gasteiger charge is 2.05. The van der Waals surface area contributed by atoms with Crippen LogP contribution in [-0.2, 0) is 6.42 Å².